The van der Waals surface area contributed by atoms with Crippen LogP contribution in [0.2, 0.25) is 0 Å². The van der Waals surface area contributed by atoms with Gasteiger partial charge in [0.25, 0.3) is 11.6 Å². The van der Waals surface area contributed by atoms with Crippen LogP contribution in [0.4, 0.5) is 13.2 Å². The maximum Gasteiger partial charge on any atom is 0.438 e. The summed E-state index contributed by atoms with van der Waals surface area (Å²) in [4.78, 5) is 12.5. The van der Waals surface area contributed by atoms with E-state index in [2.05, 4.69) is 5.10 Å². The van der Waals surface area contributed by atoms with E-state index in [1.165, 1.54) is 31.4 Å². The fraction of sp³-hybridized carbons (Fsp3) is 0.250. The van der Waals surface area contributed by atoms with Gasteiger partial charge in [-0.1, -0.05) is 18.2 Å². The van der Waals surface area contributed by atoms with Crippen LogP contribution in [-0.2, 0) is 0 Å². The molecular weight excluding hydrogens is 357 g/mol. The minimum absolute atomic E-state index is 0.0522. The van der Waals surface area contributed by atoms with E-state index in [0.717, 1.165) is 11.3 Å². The molecule has 0 fully saturated rings. The second kappa shape index (κ2) is 6.16. The van der Waals surface area contributed by atoms with Crippen LogP contribution >= 0.6 is 11.3 Å². The second-order valence-corrected chi connectivity index (χ2v) is 6.31. The molecule has 25 heavy (non-hydrogen) atoms. The zero-order valence-electron chi connectivity index (χ0n) is 12.9. The Balaban J connectivity index is 2.04. The number of rotatable bonds is 3. The Morgan fingerprint density at radius 3 is 2.72 bits per heavy atom. The number of ether oxygens (including phenoxy) is 1. The molecule has 1 aromatic carbocycles. The molecule has 1 N–H and O–H groups in total. The fourth-order valence-electron chi connectivity index (χ4n) is 2.45. The summed E-state index contributed by atoms with van der Waals surface area (Å²) < 4.78 is 45.5. The first-order chi connectivity index (χ1) is 11.8. The number of hydrazone groups is 1. The molecular formula is C16H13F3N2O3S. The van der Waals surface area contributed by atoms with Gasteiger partial charge in [0.2, 0.25) is 0 Å². The second-order valence-electron chi connectivity index (χ2n) is 5.36. The van der Waals surface area contributed by atoms with Crippen LogP contribution < -0.4 is 4.74 Å². The average Bonchev–Trinajstić information content (AvgIpc) is 3.22. The third-order valence-corrected chi connectivity index (χ3v) is 4.62. The number of nitrogens with zero attached hydrogens (tertiary/aromatic N) is 2. The molecule has 0 radical (unpaired) electrons. The van der Waals surface area contributed by atoms with Gasteiger partial charge in [-0.25, -0.2) is 0 Å². The molecule has 1 atom stereocenters. The molecule has 5 nitrogen and oxygen atoms in total. The SMILES string of the molecule is COc1cccc(C2=NN(C(=O)c3cccs3)[C@](O)(C(F)(F)F)C2)c1. The highest BCUT2D eigenvalue weighted by atomic mass is 32.1. The van der Waals surface area contributed by atoms with Crippen molar-refractivity contribution in [2.45, 2.75) is 18.3 Å². The summed E-state index contributed by atoms with van der Waals surface area (Å²) >= 11 is 0.973. The first-order valence-electron chi connectivity index (χ1n) is 7.15. The normalized spacial score (nSPS) is 20.5. The minimum Gasteiger partial charge on any atom is -0.497 e. The Kier molecular flexibility index (Phi) is 4.29. The Morgan fingerprint density at radius 1 is 1.36 bits per heavy atom. The third-order valence-electron chi connectivity index (χ3n) is 3.77. The van der Waals surface area contributed by atoms with Gasteiger partial charge < -0.3 is 9.84 Å². The molecule has 0 bridgehead atoms. The standard InChI is InChI=1S/C16H13F3N2O3S/c1-24-11-5-2-4-10(8-11)12-9-15(23,16(17,18)19)21(20-12)14(22)13-6-3-7-25-13/h2-8,23H,9H2,1H3/t15-/m1/s1. The number of amides is 1. The van der Waals surface area contributed by atoms with E-state index in [1.807, 2.05) is 0 Å². The molecule has 1 aliphatic rings. The zero-order valence-corrected chi connectivity index (χ0v) is 13.8. The number of benzene rings is 1. The molecule has 1 aliphatic heterocycles. The fourth-order valence-corrected chi connectivity index (χ4v) is 3.10. The van der Waals surface area contributed by atoms with Crippen molar-refractivity contribution in [2.24, 2.45) is 5.10 Å². The molecule has 3 rings (SSSR count). The van der Waals surface area contributed by atoms with Crippen molar-refractivity contribution in [1.29, 1.82) is 0 Å². The van der Waals surface area contributed by atoms with E-state index in [4.69, 9.17) is 4.74 Å². The molecule has 0 saturated heterocycles. The van der Waals surface area contributed by atoms with Gasteiger partial charge in [0.15, 0.2) is 0 Å². The number of thiophene rings is 1. The molecule has 0 saturated carbocycles. The van der Waals surface area contributed by atoms with Gasteiger partial charge in [-0.3, -0.25) is 4.79 Å². The van der Waals surface area contributed by atoms with Crippen LogP contribution in [-0.4, -0.2) is 40.7 Å². The molecule has 1 aromatic heterocycles. The van der Waals surface area contributed by atoms with Gasteiger partial charge in [0, 0.05) is 5.56 Å². The molecule has 0 unspecified atom stereocenters. The molecule has 0 aliphatic carbocycles. The van der Waals surface area contributed by atoms with E-state index in [9.17, 15) is 23.1 Å². The van der Waals surface area contributed by atoms with Crippen molar-refractivity contribution in [2.75, 3.05) is 7.11 Å². The molecule has 132 valence electrons. The van der Waals surface area contributed by atoms with E-state index in [-0.39, 0.29) is 15.6 Å². The van der Waals surface area contributed by atoms with E-state index < -0.39 is 24.2 Å². The van der Waals surface area contributed by atoms with Gasteiger partial charge in [-0.15, -0.1) is 11.3 Å². The monoisotopic (exact) mass is 370 g/mol. The van der Waals surface area contributed by atoms with Gasteiger partial charge in [0.1, 0.15) is 5.75 Å². The summed E-state index contributed by atoms with van der Waals surface area (Å²) in [6.45, 7) is 0. The lowest BCUT2D eigenvalue weighted by molar-refractivity contribution is -0.297. The van der Waals surface area contributed by atoms with Crippen LogP contribution in [0.1, 0.15) is 21.7 Å². The van der Waals surface area contributed by atoms with Crippen molar-refractivity contribution in [3.63, 3.8) is 0 Å². The summed E-state index contributed by atoms with van der Waals surface area (Å²) in [5.74, 6) is -0.577. The minimum atomic E-state index is -5.07. The largest absolute Gasteiger partial charge is 0.497 e. The van der Waals surface area contributed by atoms with Crippen molar-refractivity contribution >= 4 is 23.0 Å². The quantitative estimate of drug-likeness (QED) is 0.902. The molecule has 9 heteroatoms. The van der Waals surface area contributed by atoms with Crippen molar-refractivity contribution in [3.8, 4) is 5.75 Å². The number of carbonyl (C=O) groups is 1. The van der Waals surface area contributed by atoms with E-state index in [0.29, 0.717) is 11.3 Å². The number of aliphatic hydroxyl groups is 1. The maximum absolute atomic E-state index is 13.5. The molecule has 0 spiro atoms. The highest BCUT2D eigenvalue weighted by Crippen LogP contribution is 2.42. The van der Waals surface area contributed by atoms with Crippen molar-refractivity contribution < 1.29 is 27.8 Å². The first kappa shape index (κ1) is 17.4. The molecule has 2 aromatic rings. The summed E-state index contributed by atoms with van der Waals surface area (Å²) in [6.07, 6.45) is -5.93. The lowest BCUT2D eigenvalue weighted by atomic mass is 10.0. The Hall–Kier alpha value is -2.39. The highest BCUT2D eigenvalue weighted by molar-refractivity contribution is 7.12. The molecule has 1 amide bonds. The third kappa shape index (κ3) is 3.00. The van der Waals surface area contributed by atoms with Crippen molar-refractivity contribution in [1.82, 2.24) is 5.01 Å². The number of carbonyl (C=O) groups excluding carboxylic acids is 1. The maximum atomic E-state index is 13.5. The summed E-state index contributed by atoms with van der Waals surface area (Å²) in [5, 5.41) is 15.7. The smallest absolute Gasteiger partial charge is 0.438 e. The Labute approximate surface area is 145 Å². The van der Waals surface area contributed by atoms with Crippen LogP contribution in [0.5, 0.6) is 5.75 Å². The van der Waals surface area contributed by atoms with E-state index in [1.54, 1.807) is 17.5 Å². The van der Waals surface area contributed by atoms with Gasteiger partial charge in [-0.2, -0.15) is 23.3 Å². The van der Waals surface area contributed by atoms with Crippen molar-refractivity contribution in [3.05, 3.63) is 52.2 Å². The zero-order chi connectivity index (χ0) is 18.2. The van der Waals surface area contributed by atoms with Crippen LogP contribution in [0.3, 0.4) is 0 Å². The van der Waals surface area contributed by atoms with Crippen LogP contribution in [0.15, 0.2) is 46.9 Å². The number of halogens is 3. The van der Waals surface area contributed by atoms with E-state index >= 15 is 0 Å². The highest BCUT2D eigenvalue weighted by Gasteiger charge is 2.63. The van der Waals surface area contributed by atoms with Gasteiger partial charge in [0.05, 0.1) is 24.1 Å². The number of methoxy groups -OCH3 is 1. The summed E-state index contributed by atoms with van der Waals surface area (Å²) in [5.41, 5.74) is -3.11. The lowest BCUT2D eigenvalue weighted by Crippen LogP contribution is -2.56. The van der Waals surface area contributed by atoms with Crippen LogP contribution in [0, 0.1) is 0 Å². The Bertz CT molecular complexity index is 820. The summed E-state index contributed by atoms with van der Waals surface area (Å²) in [6, 6.07) is 9.17. The predicted molar refractivity (Wildman–Crippen MR) is 85.6 cm³/mol. The predicted octanol–water partition coefficient (Wildman–Crippen LogP) is 3.26. The molecule has 2 heterocycles. The lowest BCUT2D eigenvalue weighted by Gasteiger charge is -2.32. The number of hydrogen-bond donors (Lipinski definition) is 1. The topological polar surface area (TPSA) is 62.1 Å². The number of hydrogen-bond acceptors (Lipinski definition) is 5. The average molecular weight is 370 g/mol. The van der Waals surface area contributed by atoms with Gasteiger partial charge >= 0.3 is 6.18 Å². The Morgan fingerprint density at radius 2 is 2.12 bits per heavy atom. The summed E-state index contributed by atoms with van der Waals surface area (Å²) in [7, 11) is 1.42. The first-order valence-corrected chi connectivity index (χ1v) is 8.03. The van der Waals surface area contributed by atoms with Crippen LogP contribution in [0.25, 0.3) is 0 Å². The number of alkyl halides is 3. The van der Waals surface area contributed by atoms with Gasteiger partial charge in [-0.05, 0) is 23.6 Å².